The van der Waals surface area contributed by atoms with E-state index in [1.54, 1.807) is 17.3 Å². The van der Waals surface area contributed by atoms with Crippen LogP contribution in [-0.4, -0.2) is 25.8 Å². The van der Waals surface area contributed by atoms with Crippen LogP contribution in [0.2, 0.25) is 5.02 Å². The monoisotopic (exact) mass is 349 g/mol. The summed E-state index contributed by atoms with van der Waals surface area (Å²) in [6.45, 7) is 5.12. The smallest absolute Gasteiger partial charge is 0.207 e. The topological polar surface area (TPSA) is 37.4 Å². The van der Waals surface area contributed by atoms with Crippen molar-refractivity contribution in [3.8, 4) is 0 Å². The lowest BCUT2D eigenvalue weighted by Gasteiger charge is -2.31. The summed E-state index contributed by atoms with van der Waals surface area (Å²) in [6, 6.07) is 3.26. The summed E-state index contributed by atoms with van der Waals surface area (Å²) in [6.07, 6.45) is 2.97. The normalized spacial score (nSPS) is 18.1. The van der Waals surface area contributed by atoms with Gasteiger partial charge in [-0.2, -0.15) is 4.31 Å². The summed E-state index contributed by atoms with van der Waals surface area (Å²) < 4.78 is 27.3. The van der Waals surface area contributed by atoms with Crippen LogP contribution in [-0.2, 0) is 15.9 Å². The molecule has 1 heterocycles. The highest BCUT2D eigenvalue weighted by atomic mass is 35.5. The van der Waals surface area contributed by atoms with Gasteiger partial charge in [-0.1, -0.05) is 24.9 Å². The summed E-state index contributed by atoms with van der Waals surface area (Å²) in [5.74, 6) is 0.891. The molecule has 0 amide bonds. The maximum absolute atomic E-state index is 12.8. The molecule has 1 aliphatic rings. The molecule has 118 valence electrons. The average Bonchev–Trinajstić information content (AvgIpc) is 2.49. The third kappa shape index (κ3) is 3.55. The SMILES string of the molecule is CCC1CCN(S(=O)(=O)c2cc(Cl)cc(CCl)c2C)CC1. The van der Waals surface area contributed by atoms with Crippen molar-refractivity contribution in [2.45, 2.75) is 43.9 Å². The molecule has 0 radical (unpaired) electrons. The number of sulfonamides is 1. The molecule has 1 aliphatic heterocycles. The van der Waals surface area contributed by atoms with Gasteiger partial charge >= 0.3 is 0 Å². The largest absolute Gasteiger partial charge is 0.243 e. The first-order valence-corrected chi connectivity index (χ1v) is 9.60. The molecule has 21 heavy (non-hydrogen) atoms. The van der Waals surface area contributed by atoms with Crippen LogP contribution in [0.25, 0.3) is 0 Å². The van der Waals surface area contributed by atoms with E-state index in [0.29, 0.717) is 34.5 Å². The van der Waals surface area contributed by atoms with Gasteiger partial charge in [0, 0.05) is 24.0 Å². The first-order valence-electron chi connectivity index (χ1n) is 7.25. The second kappa shape index (κ2) is 6.86. The number of halogens is 2. The maximum atomic E-state index is 12.8. The minimum atomic E-state index is -3.49. The van der Waals surface area contributed by atoms with Gasteiger partial charge in [-0.05, 0) is 48.9 Å². The van der Waals surface area contributed by atoms with Crippen LogP contribution >= 0.6 is 23.2 Å². The minimum absolute atomic E-state index is 0.257. The molecule has 0 bridgehead atoms. The van der Waals surface area contributed by atoms with E-state index in [1.165, 1.54) is 6.07 Å². The van der Waals surface area contributed by atoms with Crippen LogP contribution in [0.4, 0.5) is 0 Å². The molecule has 0 unspecified atom stereocenters. The highest BCUT2D eigenvalue weighted by molar-refractivity contribution is 7.89. The molecule has 1 aromatic rings. The van der Waals surface area contributed by atoms with Crippen LogP contribution < -0.4 is 0 Å². The van der Waals surface area contributed by atoms with Gasteiger partial charge in [-0.25, -0.2) is 8.42 Å². The number of rotatable bonds is 4. The second-order valence-corrected chi connectivity index (χ2v) is 8.19. The highest BCUT2D eigenvalue weighted by Gasteiger charge is 2.30. The van der Waals surface area contributed by atoms with Crippen molar-refractivity contribution in [2.24, 2.45) is 5.92 Å². The quantitative estimate of drug-likeness (QED) is 0.764. The Morgan fingerprint density at radius 3 is 2.43 bits per heavy atom. The molecule has 0 saturated carbocycles. The van der Waals surface area contributed by atoms with Gasteiger partial charge in [0.25, 0.3) is 0 Å². The van der Waals surface area contributed by atoms with E-state index in [-0.39, 0.29) is 5.88 Å². The zero-order valence-electron chi connectivity index (χ0n) is 12.4. The van der Waals surface area contributed by atoms with Gasteiger partial charge in [-0.15, -0.1) is 11.6 Å². The van der Waals surface area contributed by atoms with Crippen LogP contribution in [0.5, 0.6) is 0 Å². The third-order valence-corrected chi connectivity index (χ3v) is 6.88. The van der Waals surface area contributed by atoms with Crippen molar-refractivity contribution in [3.05, 3.63) is 28.3 Å². The summed E-state index contributed by atoms with van der Waals surface area (Å²) in [5, 5.41) is 0.415. The fourth-order valence-electron chi connectivity index (χ4n) is 2.81. The summed E-state index contributed by atoms with van der Waals surface area (Å²) in [5.41, 5.74) is 1.47. The van der Waals surface area contributed by atoms with Crippen molar-refractivity contribution in [3.63, 3.8) is 0 Å². The molecule has 1 aromatic carbocycles. The lowest BCUT2D eigenvalue weighted by Crippen LogP contribution is -2.38. The van der Waals surface area contributed by atoms with E-state index in [2.05, 4.69) is 6.92 Å². The predicted octanol–water partition coefficient (Wildman–Crippen LogP) is 4.20. The Balaban J connectivity index is 2.34. The fourth-order valence-corrected chi connectivity index (χ4v) is 5.16. The molecular formula is C15H21Cl2NO2S. The van der Waals surface area contributed by atoms with E-state index in [9.17, 15) is 8.42 Å². The molecule has 0 N–H and O–H groups in total. The Morgan fingerprint density at radius 1 is 1.29 bits per heavy atom. The standard InChI is InChI=1S/C15H21Cl2NO2S/c1-3-12-4-6-18(7-5-12)21(19,20)15-9-14(17)8-13(10-16)11(15)2/h8-9,12H,3-7,10H2,1-2H3. The number of benzene rings is 1. The van der Waals surface area contributed by atoms with E-state index in [0.717, 1.165) is 24.8 Å². The van der Waals surface area contributed by atoms with E-state index >= 15 is 0 Å². The predicted molar refractivity (Wildman–Crippen MR) is 87.5 cm³/mol. The molecule has 3 nitrogen and oxygen atoms in total. The molecule has 0 aromatic heterocycles. The zero-order chi connectivity index (χ0) is 15.6. The molecule has 2 rings (SSSR count). The molecule has 1 saturated heterocycles. The molecular weight excluding hydrogens is 329 g/mol. The van der Waals surface area contributed by atoms with Crippen molar-refractivity contribution >= 4 is 33.2 Å². The first-order chi connectivity index (χ1) is 9.90. The fraction of sp³-hybridized carbons (Fsp3) is 0.600. The van der Waals surface area contributed by atoms with Gasteiger partial charge in [0.15, 0.2) is 0 Å². The average molecular weight is 350 g/mol. The van der Waals surface area contributed by atoms with E-state index in [1.807, 2.05) is 0 Å². The number of hydrogen-bond acceptors (Lipinski definition) is 2. The number of alkyl halides is 1. The lowest BCUT2D eigenvalue weighted by molar-refractivity contribution is 0.269. The Labute approximate surface area is 137 Å². The van der Waals surface area contributed by atoms with Gasteiger partial charge in [0.1, 0.15) is 0 Å². The van der Waals surface area contributed by atoms with Gasteiger partial charge in [-0.3, -0.25) is 0 Å². The number of hydrogen-bond donors (Lipinski definition) is 0. The van der Waals surface area contributed by atoms with Crippen LogP contribution in [0, 0.1) is 12.8 Å². The van der Waals surface area contributed by atoms with E-state index in [4.69, 9.17) is 23.2 Å². The Bertz CT molecular complexity index is 608. The lowest BCUT2D eigenvalue weighted by atomic mass is 9.96. The Morgan fingerprint density at radius 2 is 1.90 bits per heavy atom. The minimum Gasteiger partial charge on any atom is -0.207 e. The van der Waals surface area contributed by atoms with Gasteiger partial charge in [0.2, 0.25) is 10.0 Å². The van der Waals surface area contributed by atoms with E-state index < -0.39 is 10.0 Å². The molecule has 0 spiro atoms. The molecule has 6 heteroatoms. The summed E-state index contributed by atoms with van der Waals surface area (Å²) in [4.78, 5) is 0.292. The first kappa shape index (κ1) is 17.1. The van der Waals surface area contributed by atoms with Crippen LogP contribution in [0.15, 0.2) is 17.0 Å². The molecule has 1 fully saturated rings. The van der Waals surface area contributed by atoms with Crippen molar-refractivity contribution in [1.82, 2.24) is 4.31 Å². The number of nitrogens with zero attached hydrogens (tertiary/aromatic N) is 1. The summed E-state index contributed by atoms with van der Waals surface area (Å²) in [7, 11) is -3.49. The Kier molecular flexibility index (Phi) is 5.58. The van der Waals surface area contributed by atoms with Crippen molar-refractivity contribution < 1.29 is 8.42 Å². The van der Waals surface area contributed by atoms with Crippen LogP contribution in [0.1, 0.15) is 37.3 Å². The van der Waals surface area contributed by atoms with Gasteiger partial charge in [0.05, 0.1) is 4.90 Å². The van der Waals surface area contributed by atoms with Gasteiger partial charge < -0.3 is 0 Å². The zero-order valence-corrected chi connectivity index (χ0v) is 14.7. The third-order valence-electron chi connectivity index (χ3n) is 4.35. The molecule has 0 aliphatic carbocycles. The van der Waals surface area contributed by atoms with Crippen LogP contribution in [0.3, 0.4) is 0 Å². The molecule has 0 atom stereocenters. The summed E-state index contributed by atoms with van der Waals surface area (Å²) >= 11 is 11.9. The van der Waals surface area contributed by atoms with Crippen molar-refractivity contribution in [2.75, 3.05) is 13.1 Å². The second-order valence-electron chi connectivity index (χ2n) is 5.58. The Hall–Kier alpha value is -0.290. The van der Waals surface area contributed by atoms with Crippen molar-refractivity contribution in [1.29, 1.82) is 0 Å². The maximum Gasteiger partial charge on any atom is 0.243 e. The number of piperidine rings is 1. The highest BCUT2D eigenvalue weighted by Crippen LogP contribution is 2.30.